The molecule has 0 atom stereocenters. The minimum Gasteiger partial charge on any atom is -0.395 e. The molecule has 0 saturated heterocycles. The molecular formula is C15H20N2O2. The lowest BCUT2D eigenvalue weighted by Crippen LogP contribution is -2.29. The Morgan fingerprint density at radius 1 is 1.42 bits per heavy atom. The molecule has 2 N–H and O–H groups in total. The molecule has 19 heavy (non-hydrogen) atoms. The number of fused-ring (bicyclic) bond motifs is 1. The SMILES string of the molecule is Cc1cccc2c(CCC(=O)N(C)CCO)c[nH]c12. The molecule has 0 aliphatic heterocycles. The van der Waals surface area contributed by atoms with Crippen LogP contribution in [0.2, 0.25) is 0 Å². The summed E-state index contributed by atoms with van der Waals surface area (Å²) >= 11 is 0. The summed E-state index contributed by atoms with van der Waals surface area (Å²) in [5, 5.41) is 10.0. The van der Waals surface area contributed by atoms with Crippen molar-refractivity contribution in [2.75, 3.05) is 20.2 Å². The number of hydrogen-bond acceptors (Lipinski definition) is 2. The number of amides is 1. The number of aliphatic hydroxyl groups excluding tert-OH is 1. The minimum absolute atomic E-state index is 0.00845. The third-order valence-electron chi connectivity index (χ3n) is 3.48. The predicted molar refractivity (Wildman–Crippen MR) is 76.1 cm³/mol. The van der Waals surface area contributed by atoms with Gasteiger partial charge in [0.25, 0.3) is 0 Å². The zero-order chi connectivity index (χ0) is 13.8. The number of nitrogens with one attached hydrogen (secondary N) is 1. The number of benzene rings is 1. The Bertz CT molecular complexity index is 575. The fourth-order valence-corrected chi connectivity index (χ4v) is 2.28. The Balaban J connectivity index is 2.06. The van der Waals surface area contributed by atoms with E-state index >= 15 is 0 Å². The summed E-state index contributed by atoms with van der Waals surface area (Å²) in [5.74, 6) is 0.0658. The van der Waals surface area contributed by atoms with E-state index in [2.05, 4.69) is 24.0 Å². The first-order chi connectivity index (χ1) is 9.13. The molecule has 102 valence electrons. The first-order valence-electron chi connectivity index (χ1n) is 6.54. The van der Waals surface area contributed by atoms with Crippen LogP contribution >= 0.6 is 0 Å². The Morgan fingerprint density at radius 2 is 2.21 bits per heavy atom. The van der Waals surface area contributed by atoms with Crippen molar-refractivity contribution in [1.82, 2.24) is 9.88 Å². The Kier molecular flexibility index (Phi) is 4.22. The van der Waals surface area contributed by atoms with Gasteiger partial charge >= 0.3 is 0 Å². The van der Waals surface area contributed by atoms with E-state index in [-0.39, 0.29) is 12.5 Å². The van der Waals surface area contributed by atoms with Gasteiger partial charge in [-0.15, -0.1) is 0 Å². The van der Waals surface area contributed by atoms with Gasteiger partial charge in [0.15, 0.2) is 0 Å². The zero-order valence-corrected chi connectivity index (χ0v) is 11.4. The molecule has 0 unspecified atom stereocenters. The highest BCUT2D eigenvalue weighted by atomic mass is 16.3. The van der Waals surface area contributed by atoms with Crippen molar-refractivity contribution >= 4 is 16.8 Å². The minimum atomic E-state index is 0.00845. The second-order valence-corrected chi connectivity index (χ2v) is 4.85. The van der Waals surface area contributed by atoms with Crippen LogP contribution in [0.4, 0.5) is 0 Å². The summed E-state index contributed by atoms with van der Waals surface area (Å²) in [6.45, 7) is 2.48. The van der Waals surface area contributed by atoms with Gasteiger partial charge in [-0.2, -0.15) is 0 Å². The van der Waals surface area contributed by atoms with E-state index in [9.17, 15) is 4.79 Å². The van der Waals surface area contributed by atoms with Crippen molar-refractivity contribution < 1.29 is 9.90 Å². The topological polar surface area (TPSA) is 56.3 Å². The number of nitrogens with zero attached hydrogens (tertiary/aromatic N) is 1. The number of aromatic amines is 1. The molecule has 1 amide bonds. The fraction of sp³-hybridized carbons (Fsp3) is 0.400. The van der Waals surface area contributed by atoms with Crippen molar-refractivity contribution in [3.05, 3.63) is 35.5 Å². The van der Waals surface area contributed by atoms with Crippen LogP contribution < -0.4 is 0 Å². The highest BCUT2D eigenvalue weighted by molar-refractivity contribution is 5.86. The third-order valence-corrected chi connectivity index (χ3v) is 3.48. The number of rotatable bonds is 5. The molecule has 4 heteroatoms. The molecule has 0 bridgehead atoms. The molecule has 2 aromatic rings. The predicted octanol–water partition coefficient (Wildman–Crippen LogP) is 1.86. The van der Waals surface area contributed by atoms with Crippen molar-refractivity contribution in [3.8, 4) is 0 Å². The van der Waals surface area contributed by atoms with Crippen LogP contribution in [0.5, 0.6) is 0 Å². The summed E-state index contributed by atoms with van der Waals surface area (Å²) < 4.78 is 0. The normalized spacial score (nSPS) is 10.9. The molecule has 0 aliphatic rings. The standard InChI is InChI=1S/C15H20N2O2/c1-11-4-3-5-13-12(10-16-15(11)13)6-7-14(19)17(2)8-9-18/h3-5,10,16,18H,6-9H2,1-2H3. The smallest absolute Gasteiger partial charge is 0.222 e. The molecule has 0 spiro atoms. The number of carbonyl (C=O) groups excluding carboxylic acids is 1. The highest BCUT2D eigenvalue weighted by Crippen LogP contribution is 2.22. The maximum atomic E-state index is 11.8. The summed E-state index contributed by atoms with van der Waals surface area (Å²) in [6, 6.07) is 6.19. The van der Waals surface area contributed by atoms with Gasteiger partial charge in [-0.25, -0.2) is 0 Å². The maximum Gasteiger partial charge on any atom is 0.222 e. The number of aliphatic hydroxyl groups is 1. The van der Waals surface area contributed by atoms with E-state index in [0.29, 0.717) is 13.0 Å². The Morgan fingerprint density at radius 3 is 2.95 bits per heavy atom. The Labute approximate surface area is 113 Å². The lowest BCUT2D eigenvalue weighted by molar-refractivity contribution is -0.130. The maximum absolute atomic E-state index is 11.8. The quantitative estimate of drug-likeness (QED) is 0.862. The zero-order valence-electron chi connectivity index (χ0n) is 11.4. The second-order valence-electron chi connectivity index (χ2n) is 4.85. The third kappa shape index (κ3) is 2.96. The largest absolute Gasteiger partial charge is 0.395 e. The van der Waals surface area contributed by atoms with Crippen molar-refractivity contribution in [2.45, 2.75) is 19.8 Å². The van der Waals surface area contributed by atoms with Gasteiger partial charge in [0, 0.05) is 37.1 Å². The average Bonchev–Trinajstić information content (AvgIpc) is 2.81. The number of aromatic nitrogens is 1. The molecule has 4 nitrogen and oxygen atoms in total. The number of aryl methyl sites for hydroxylation is 2. The number of H-pyrrole nitrogens is 1. The summed E-state index contributed by atoms with van der Waals surface area (Å²) in [6.07, 6.45) is 3.17. The lowest BCUT2D eigenvalue weighted by Gasteiger charge is -2.15. The first-order valence-corrected chi connectivity index (χ1v) is 6.54. The van der Waals surface area contributed by atoms with Crippen LogP contribution in [0.1, 0.15) is 17.5 Å². The van der Waals surface area contributed by atoms with Gasteiger partial charge in [0.05, 0.1) is 6.61 Å². The summed E-state index contributed by atoms with van der Waals surface area (Å²) in [4.78, 5) is 16.7. The molecule has 0 saturated carbocycles. The van der Waals surface area contributed by atoms with Crippen LogP contribution in [-0.2, 0) is 11.2 Å². The van der Waals surface area contributed by atoms with Gasteiger partial charge < -0.3 is 15.0 Å². The monoisotopic (exact) mass is 260 g/mol. The van der Waals surface area contributed by atoms with Gasteiger partial charge in [-0.1, -0.05) is 18.2 Å². The van der Waals surface area contributed by atoms with Crippen LogP contribution in [0.3, 0.4) is 0 Å². The molecule has 0 aliphatic carbocycles. The number of hydrogen-bond donors (Lipinski definition) is 2. The van der Waals surface area contributed by atoms with Crippen LogP contribution in [-0.4, -0.2) is 41.1 Å². The fourth-order valence-electron chi connectivity index (χ4n) is 2.28. The first kappa shape index (κ1) is 13.6. The van der Waals surface area contributed by atoms with E-state index in [1.54, 1.807) is 11.9 Å². The van der Waals surface area contributed by atoms with Crippen molar-refractivity contribution in [3.63, 3.8) is 0 Å². The van der Waals surface area contributed by atoms with E-state index in [0.717, 1.165) is 11.9 Å². The van der Waals surface area contributed by atoms with E-state index < -0.39 is 0 Å². The van der Waals surface area contributed by atoms with Crippen LogP contribution in [0.25, 0.3) is 10.9 Å². The summed E-state index contributed by atoms with van der Waals surface area (Å²) in [7, 11) is 1.72. The molecule has 1 heterocycles. The molecule has 1 aromatic carbocycles. The van der Waals surface area contributed by atoms with E-state index in [1.807, 2.05) is 12.3 Å². The number of likely N-dealkylation sites (N-methyl/N-ethyl adjacent to an activating group) is 1. The average molecular weight is 260 g/mol. The molecule has 0 fully saturated rings. The van der Waals surface area contributed by atoms with Crippen molar-refractivity contribution in [2.24, 2.45) is 0 Å². The van der Waals surface area contributed by atoms with Gasteiger partial charge in [-0.05, 0) is 24.5 Å². The van der Waals surface area contributed by atoms with Gasteiger partial charge in [0.1, 0.15) is 0 Å². The molecule has 0 radical (unpaired) electrons. The summed E-state index contributed by atoms with van der Waals surface area (Å²) in [5.41, 5.74) is 3.53. The van der Waals surface area contributed by atoms with Gasteiger partial charge in [0.2, 0.25) is 5.91 Å². The van der Waals surface area contributed by atoms with E-state index in [4.69, 9.17) is 5.11 Å². The second kappa shape index (κ2) is 5.89. The van der Waals surface area contributed by atoms with Gasteiger partial charge in [-0.3, -0.25) is 4.79 Å². The lowest BCUT2D eigenvalue weighted by atomic mass is 10.1. The molecule has 2 rings (SSSR count). The van der Waals surface area contributed by atoms with Crippen LogP contribution in [0.15, 0.2) is 24.4 Å². The number of para-hydroxylation sites is 1. The highest BCUT2D eigenvalue weighted by Gasteiger charge is 2.10. The van der Waals surface area contributed by atoms with Crippen LogP contribution in [0, 0.1) is 6.92 Å². The number of carbonyl (C=O) groups is 1. The van der Waals surface area contributed by atoms with E-state index in [1.165, 1.54) is 16.5 Å². The molecule has 1 aromatic heterocycles. The molecular weight excluding hydrogens is 240 g/mol. The van der Waals surface area contributed by atoms with Crippen molar-refractivity contribution in [1.29, 1.82) is 0 Å². The Hall–Kier alpha value is -1.81.